The van der Waals surface area contributed by atoms with Crippen molar-refractivity contribution in [2.45, 2.75) is 26.3 Å². The molecule has 0 fully saturated rings. The third-order valence-electron chi connectivity index (χ3n) is 5.28. The van der Waals surface area contributed by atoms with Crippen LogP contribution >= 0.6 is 0 Å². The summed E-state index contributed by atoms with van der Waals surface area (Å²) in [6, 6.07) is 14.8. The van der Waals surface area contributed by atoms with Crippen LogP contribution in [-0.4, -0.2) is 33.1 Å². The zero-order chi connectivity index (χ0) is 19.6. The largest absolute Gasteiger partial charge is 0.491 e. The van der Waals surface area contributed by atoms with Crippen molar-refractivity contribution in [3.63, 3.8) is 0 Å². The zero-order valence-corrected chi connectivity index (χ0v) is 16.4. The maximum Gasteiger partial charge on any atom is 0.132 e. The number of benzene rings is 2. The number of rotatable bonds is 4. The molecule has 0 bridgehead atoms. The van der Waals surface area contributed by atoms with Gasteiger partial charge >= 0.3 is 0 Å². The maximum atomic E-state index is 5.99. The predicted octanol–water partition coefficient (Wildman–Crippen LogP) is 4.37. The van der Waals surface area contributed by atoms with Crippen LogP contribution in [0.5, 0.6) is 5.75 Å². The molecule has 6 heteroatoms. The molecule has 1 N–H and O–H groups in total. The van der Waals surface area contributed by atoms with Crippen molar-refractivity contribution in [2.75, 3.05) is 18.1 Å². The number of aromatic nitrogens is 4. The van der Waals surface area contributed by atoms with Crippen LogP contribution in [0.4, 0.5) is 5.82 Å². The summed E-state index contributed by atoms with van der Waals surface area (Å²) in [5.74, 6) is 2.91. The van der Waals surface area contributed by atoms with E-state index < -0.39 is 0 Å². The number of fused-ring (bicyclic) bond motifs is 2. The fraction of sp³-hybridized carbons (Fsp3) is 0.261. The number of hydrogen-bond donors (Lipinski definition) is 1. The maximum absolute atomic E-state index is 5.99. The predicted molar refractivity (Wildman–Crippen MR) is 114 cm³/mol. The van der Waals surface area contributed by atoms with Crippen LogP contribution in [0.1, 0.15) is 24.7 Å². The van der Waals surface area contributed by atoms with Crippen molar-refractivity contribution >= 4 is 16.9 Å². The number of hydrogen-bond acceptors (Lipinski definition) is 5. The Morgan fingerprint density at radius 2 is 2.00 bits per heavy atom. The molecule has 0 atom stereocenters. The number of nitrogens with one attached hydrogen (secondary N) is 1. The number of aryl methyl sites for hydroxylation is 1. The van der Waals surface area contributed by atoms with Crippen LogP contribution in [0.2, 0.25) is 0 Å². The molecule has 29 heavy (non-hydrogen) atoms. The monoisotopic (exact) mass is 385 g/mol. The molecule has 0 saturated heterocycles. The lowest BCUT2D eigenvalue weighted by atomic mass is 10.0. The molecule has 0 radical (unpaired) electrons. The van der Waals surface area contributed by atoms with Gasteiger partial charge in [0.05, 0.1) is 17.6 Å². The van der Waals surface area contributed by atoms with E-state index in [0.29, 0.717) is 6.61 Å². The highest BCUT2D eigenvalue weighted by molar-refractivity contribution is 5.82. The molecular weight excluding hydrogens is 362 g/mol. The standard InChI is InChI=1S/C23H23N5O/c1-2-3-22-26-19-6-4-17(13-20(19)27-22)16-5-7-21-18(12-16)14-28(10-11-29-21)23-8-9-24-15-25-23/h4-9,12-13,15H,2-3,10-11,14H2,1H3,(H,26,27). The molecule has 0 spiro atoms. The Kier molecular flexibility index (Phi) is 4.60. The van der Waals surface area contributed by atoms with Crippen LogP contribution in [0.25, 0.3) is 22.2 Å². The highest BCUT2D eigenvalue weighted by Crippen LogP contribution is 2.31. The summed E-state index contributed by atoms with van der Waals surface area (Å²) in [7, 11) is 0. The minimum absolute atomic E-state index is 0.636. The van der Waals surface area contributed by atoms with Gasteiger partial charge in [-0.2, -0.15) is 0 Å². The molecule has 2 aromatic carbocycles. The first-order valence-corrected chi connectivity index (χ1v) is 10.1. The van der Waals surface area contributed by atoms with Gasteiger partial charge in [-0.25, -0.2) is 15.0 Å². The minimum Gasteiger partial charge on any atom is -0.491 e. The van der Waals surface area contributed by atoms with E-state index in [1.165, 1.54) is 11.1 Å². The highest BCUT2D eigenvalue weighted by Gasteiger charge is 2.17. The summed E-state index contributed by atoms with van der Waals surface area (Å²) in [4.78, 5) is 18.8. The van der Waals surface area contributed by atoms with Gasteiger partial charge in [0.1, 0.15) is 30.3 Å². The van der Waals surface area contributed by atoms with Gasteiger partial charge in [0.15, 0.2) is 0 Å². The second kappa shape index (κ2) is 7.54. The highest BCUT2D eigenvalue weighted by atomic mass is 16.5. The van der Waals surface area contributed by atoms with Gasteiger partial charge in [0, 0.05) is 24.7 Å². The lowest BCUT2D eigenvalue weighted by Gasteiger charge is -2.20. The van der Waals surface area contributed by atoms with Gasteiger partial charge in [0.25, 0.3) is 0 Å². The quantitative estimate of drug-likeness (QED) is 0.565. The Hall–Kier alpha value is -3.41. The van der Waals surface area contributed by atoms with Crippen molar-refractivity contribution in [1.29, 1.82) is 0 Å². The third-order valence-corrected chi connectivity index (χ3v) is 5.28. The van der Waals surface area contributed by atoms with Gasteiger partial charge in [-0.15, -0.1) is 0 Å². The average molecular weight is 385 g/mol. The summed E-state index contributed by atoms with van der Waals surface area (Å²) < 4.78 is 5.99. The first kappa shape index (κ1) is 17.7. The molecule has 0 amide bonds. The van der Waals surface area contributed by atoms with E-state index in [4.69, 9.17) is 4.74 Å². The van der Waals surface area contributed by atoms with Gasteiger partial charge in [-0.3, -0.25) is 0 Å². The minimum atomic E-state index is 0.636. The van der Waals surface area contributed by atoms with Gasteiger partial charge < -0.3 is 14.6 Å². The Bertz CT molecular complexity index is 1140. The van der Waals surface area contributed by atoms with Gasteiger partial charge in [0.2, 0.25) is 0 Å². The molecule has 0 unspecified atom stereocenters. The van der Waals surface area contributed by atoms with E-state index in [1.807, 2.05) is 6.07 Å². The fourth-order valence-electron chi connectivity index (χ4n) is 3.84. The van der Waals surface area contributed by atoms with E-state index in [0.717, 1.165) is 59.9 Å². The Morgan fingerprint density at radius 3 is 2.86 bits per heavy atom. The van der Waals surface area contributed by atoms with Crippen LogP contribution in [0.3, 0.4) is 0 Å². The summed E-state index contributed by atoms with van der Waals surface area (Å²) in [5.41, 5.74) is 5.61. The molecule has 0 aliphatic carbocycles. The van der Waals surface area contributed by atoms with Crippen LogP contribution < -0.4 is 9.64 Å². The van der Waals surface area contributed by atoms with Crippen molar-refractivity contribution in [1.82, 2.24) is 19.9 Å². The van der Waals surface area contributed by atoms with Crippen molar-refractivity contribution in [2.24, 2.45) is 0 Å². The van der Waals surface area contributed by atoms with E-state index in [2.05, 4.69) is 68.2 Å². The second-order valence-corrected chi connectivity index (χ2v) is 7.33. The topological polar surface area (TPSA) is 66.9 Å². The number of H-pyrrole nitrogens is 1. The number of anilines is 1. The van der Waals surface area contributed by atoms with Gasteiger partial charge in [-0.1, -0.05) is 19.1 Å². The number of aromatic amines is 1. The molecular formula is C23H23N5O. The molecule has 1 aliphatic rings. The number of nitrogens with zero attached hydrogens (tertiary/aromatic N) is 4. The molecule has 4 aromatic rings. The fourth-order valence-corrected chi connectivity index (χ4v) is 3.84. The Morgan fingerprint density at radius 1 is 1.10 bits per heavy atom. The Balaban J connectivity index is 1.48. The third kappa shape index (κ3) is 3.53. The summed E-state index contributed by atoms with van der Waals surface area (Å²) in [5, 5.41) is 0. The van der Waals surface area contributed by atoms with Crippen molar-refractivity contribution in [3.05, 3.63) is 66.4 Å². The smallest absolute Gasteiger partial charge is 0.132 e. The van der Waals surface area contributed by atoms with E-state index in [-0.39, 0.29) is 0 Å². The first-order chi connectivity index (χ1) is 14.3. The lowest BCUT2D eigenvalue weighted by Crippen LogP contribution is -2.26. The molecule has 5 rings (SSSR count). The molecule has 0 saturated carbocycles. The average Bonchev–Trinajstić information content (AvgIpc) is 3.03. The number of imidazole rings is 1. The molecule has 146 valence electrons. The van der Waals surface area contributed by atoms with Crippen LogP contribution in [-0.2, 0) is 13.0 Å². The molecule has 2 aromatic heterocycles. The van der Waals surface area contributed by atoms with Gasteiger partial charge in [-0.05, 0) is 47.9 Å². The molecule has 1 aliphatic heterocycles. The van der Waals surface area contributed by atoms with Crippen LogP contribution in [0, 0.1) is 0 Å². The normalized spacial score (nSPS) is 13.8. The first-order valence-electron chi connectivity index (χ1n) is 10.1. The zero-order valence-electron chi connectivity index (χ0n) is 16.4. The summed E-state index contributed by atoms with van der Waals surface area (Å²) in [6.07, 6.45) is 5.42. The lowest BCUT2D eigenvalue weighted by molar-refractivity contribution is 0.331. The second-order valence-electron chi connectivity index (χ2n) is 7.33. The molecule has 6 nitrogen and oxygen atoms in total. The SMILES string of the molecule is CCCc1nc2ccc(-c3ccc4c(c3)CN(c3ccncn3)CCO4)cc2[nH]1. The Labute approximate surface area is 169 Å². The number of ether oxygens (including phenoxy) is 1. The summed E-state index contributed by atoms with van der Waals surface area (Å²) >= 11 is 0. The van der Waals surface area contributed by atoms with E-state index in [1.54, 1.807) is 12.5 Å². The van der Waals surface area contributed by atoms with Crippen molar-refractivity contribution < 1.29 is 4.74 Å². The van der Waals surface area contributed by atoms with E-state index in [9.17, 15) is 0 Å². The van der Waals surface area contributed by atoms with Crippen LogP contribution in [0.15, 0.2) is 55.0 Å². The van der Waals surface area contributed by atoms with E-state index >= 15 is 0 Å². The van der Waals surface area contributed by atoms with Crippen molar-refractivity contribution in [3.8, 4) is 16.9 Å². The molecule has 3 heterocycles. The summed E-state index contributed by atoms with van der Waals surface area (Å²) in [6.45, 7) is 4.35.